The third-order valence-electron chi connectivity index (χ3n) is 7.34. The number of carbonyl (C=O) groups excluding carboxylic acids is 2. The summed E-state index contributed by atoms with van der Waals surface area (Å²) >= 11 is 1.60. The van der Waals surface area contributed by atoms with Crippen LogP contribution in [0.3, 0.4) is 0 Å². The Kier molecular flexibility index (Phi) is 9.86. The lowest BCUT2D eigenvalue weighted by Crippen LogP contribution is -2.49. The zero-order chi connectivity index (χ0) is 28.9. The van der Waals surface area contributed by atoms with Gasteiger partial charge in [0.1, 0.15) is 11.4 Å². The predicted octanol–water partition coefficient (Wildman–Crippen LogP) is 3.71. The Hall–Kier alpha value is -2.95. The molecule has 2 aliphatic rings. The number of ether oxygens (including phenoxy) is 4. The van der Waals surface area contributed by atoms with Crippen LogP contribution in [0, 0.1) is 0 Å². The molecule has 4 rings (SSSR count). The Bertz CT molecular complexity index is 1150. The van der Waals surface area contributed by atoms with Crippen molar-refractivity contribution in [3.8, 4) is 17.2 Å². The van der Waals surface area contributed by atoms with Crippen LogP contribution in [0.5, 0.6) is 17.2 Å². The number of rotatable bonds is 9. The van der Waals surface area contributed by atoms with E-state index in [2.05, 4.69) is 55.3 Å². The number of hydrogen-bond acceptors (Lipinski definition) is 8. The second-order valence-corrected chi connectivity index (χ2v) is 12.1. The summed E-state index contributed by atoms with van der Waals surface area (Å²) in [5.74, 6) is 1.23. The van der Waals surface area contributed by atoms with E-state index in [-0.39, 0.29) is 22.6 Å². The van der Waals surface area contributed by atoms with Crippen LogP contribution in [-0.4, -0.2) is 94.1 Å². The molecule has 0 bridgehead atoms. The molecule has 2 amide bonds. The molecule has 2 atom stereocenters. The van der Waals surface area contributed by atoms with Crippen LogP contribution in [-0.2, 0) is 14.9 Å². The molecular formula is C30H41N3O6S. The van der Waals surface area contributed by atoms with Crippen molar-refractivity contribution in [2.45, 2.75) is 37.6 Å². The number of thioether (sulfide) groups is 1. The van der Waals surface area contributed by atoms with E-state index in [1.807, 2.05) is 0 Å². The molecule has 2 heterocycles. The van der Waals surface area contributed by atoms with Gasteiger partial charge in [0.15, 0.2) is 11.5 Å². The zero-order valence-corrected chi connectivity index (χ0v) is 25.1. The molecule has 218 valence electrons. The van der Waals surface area contributed by atoms with E-state index in [1.165, 1.54) is 26.9 Å². The number of hydrogen-bond donors (Lipinski definition) is 1. The zero-order valence-electron chi connectivity index (χ0n) is 24.3. The van der Waals surface area contributed by atoms with Gasteiger partial charge in [-0.2, -0.15) is 0 Å². The van der Waals surface area contributed by atoms with Crippen molar-refractivity contribution in [1.82, 2.24) is 15.1 Å². The highest BCUT2D eigenvalue weighted by Crippen LogP contribution is 2.44. The largest absolute Gasteiger partial charge is 0.493 e. The van der Waals surface area contributed by atoms with E-state index in [4.69, 9.17) is 18.9 Å². The maximum Gasteiger partial charge on any atom is 0.256 e. The van der Waals surface area contributed by atoms with Gasteiger partial charge in [0.05, 0.1) is 34.5 Å². The standard InChI is InChI=1S/C30H41N3O6S/c1-30(2,3)22-9-7-20(8-10-22)29-33(28(35)21-17-24(36-4)26(38-6)25(18-21)37-5)23(19-40-29)27(34)31-11-12-32-13-15-39-16-14-32/h7-10,17-18,23,29H,11-16,19H2,1-6H3,(H,31,34). The van der Waals surface area contributed by atoms with Gasteiger partial charge in [0.25, 0.3) is 5.91 Å². The van der Waals surface area contributed by atoms with Crippen molar-refractivity contribution in [2.75, 3.05) is 66.5 Å². The first kappa shape index (κ1) is 30.0. The van der Waals surface area contributed by atoms with Gasteiger partial charge in [-0.25, -0.2) is 0 Å². The van der Waals surface area contributed by atoms with Gasteiger partial charge in [0, 0.05) is 37.5 Å². The van der Waals surface area contributed by atoms with Gasteiger partial charge in [-0.05, 0) is 28.7 Å². The molecule has 9 nitrogen and oxygen atoms in total. The van der Waals surface area contributed by atoms with Gasteiger partial charge in [0.2, 0.25) is 11.7 Å². The van der Waals surface area contributed by atoms with E-state index in [0.717, 1.165) is 25.2 Å². The number of amides is 2. The molecule has 2 saturated heterocycles. The Morgan fingerprint density at radius 3 is 2.17 bits per heavy atom. The minimum atomic E-state index is -0.631. The van der Waals surface area contributed by atoms with E-state index < -0.39 is 6.04 Å². The van der Waals surface area contributed by atoms with Crippen LogP contribution < -0.4 is 19.5 Å². The molecule has 2 aromatic rings. The van der Waals surface area contributed by atoms with Crippen molar-refractivity contribution >= 4 is 23.6 Å². The average Bonchev–Trinajstić information content (AvgIpc) is 3.41. The lowest BCUT2D eigenvalue weighted by molar-refractivity contribution is -0.124. The summed E-state index contributed by atoms with van der Waals surface area (Å²) in [5.41, 5.74) is 2.55. The van der Waals surface area contributed by atoms with Gasteiger partial charge >= 0.3 is 0 Å². The number of morpholine rings is 1. The molecule has 2 fully saturated rings. The molecule has 1 N–H and O–H groups in total. The normalized spacial score (nSPS) is 19.8. The summed E-state index contributed by atoms with van der Waals surface area (Å²) in [4.78, 5) is 31.7. The van der Waals surface area contributed by atoms with Gasteiger partial charge in [-0.15, -0.1) is 11.8 Å². The molecule has 0 spiro atoms. The van der Waals surface area contributed by atoms with Gasteiger partial charge < -0.3 is 29.2 Å². The SMILES string of the molecule is COc1cc(C(=O)N2C(C(=O)NCCN3CCOCC3)CSC2c2ccc(C(C)(C)C)cc2)cc(OC)c1OC. The van der Waals surface area contributed by atoms with Crippen molar-refractivity contribution in [1.29, 1.82) is 0 Å². The monoisotopic (exact) mass is 571 g/mol. The third-order valence-corrected chi connectivity index (χ3v) is 8.67. The molecule has 2 aromatic carbocycles. The number of benzene rings is 2. The average molecular weight is 572 g/mol. The van der Waals surface area contributed by atoms with Gasteiger partial charge in [-0.1, -0.05) is 45.0 Å². The fourth-order valence-electron chi connectivity index (χ4n) is 4.99. The number of methoxy groups -OCH3 is 3. The van der Waals surface area contributed by atoms with Crippen molar-refractivity contribution < 1.29 is 28.5 Å². The van der Waals surface area contributed by atoms with Crippen molar-refractivity contribution in [3.63, 3.8) is 0 Å². The summed E-state index contributed by atoms with van der Waals surface area (Å²) in [6.07, 6.45) is 0. The summed E-state index contributed by atoms with van der Waals surface area (Å²) in [7, 11) is 4.55. The van der Waals surface area contributed by atoms with Crippen LogP contribution in [0.25, 0.3) is 0 Å². The number of carbonyl (C=O) groups is 2. The first-order valence-corrected chi connectivity index (χ1v) is 14.6. The molecular weight excluding hydrogens is 530 g/mol. The molecule has 40 heavy (non-hydrogen) atoms. The maximum atomic E-state index is 14.2. The fraction of sp³-hybridized carbons (Fsp3) is 0.533. The van der Waals surface area contributed by atoms with Crippen LogP contribution in [0.2, 0.25) is 0 Å². The Labute approximate surface area is 241 Å². The highest BCUT2D eigenvalue weighted by Gasteiger charge is 2.43. The van der Waals surface area contributed by atoms with Crippen LogP contribution in [0.4, 0.5) is 0 Å². The van der Waals surface area contributed by atoms with E-state index in [9.17, 15) is 9.59 Å². The summed E-state index contributed by atoms with van der Waals surface area (Å²) < 4.78 is 21.9. The molecule has 0 saturated carbocycles. The molecule has 0 aliphatic carbocycles. The summed E-state index contributed by atoms with van der Waals surface area (Å²) in [5, 5.41) is 2.75. The molecule has 2 aliphatic heterocycles. The van der Waals surface area contributed by atoms with E-state index in [0.29, 0.717) is 48.3 Å². The predicted molar refractivity (Wildman–Crippen MR) is 157 cm³/mol. The maximum absolute atomic E-state index is 14.2. The smallest absolute Gasteiger partial charge is 0.256 e. The van der Waals surface area contributed by atoms with E-state index >= 15 is 0 Å². The molecule has 0 radical (unpaired) electrons. The first-order valence-electron chi connectivity index (χ1n) is 13.6. The fourth-order valence-corrected chi connectivity index (χ4v) is 6.42. The van der Waals surface area contributed by atoms with Crippen LogP contribution in [0.1, 0.15) is 47.6 Å². The highest BCUT2D eigenvalue weighted by atomic mass is 32.2. The number of nitrogens with one attached hydrogen (secondary N) is 1. The Balaban J connectivity index is 1.62. The first-order chi connectivity index (χ1) is 19.2. The lowest BCUT2D eigenvalue weighted by Gasteiger charge is -2.30. The van der Waals surface area contributed by atoms with Gasteiger partial charge in [-0.3, -0.25) is 14.5 Å². The lowest BCUT2D eigenvalue weighted by atomic mass is 9.86. The quantitative estimate of drug-likeness (QED) is 0.487. The minimum absolute atomic E-state index is 0.00988. The second kappa shape index (κ2) is 13.1. The second-order valence-electron chi connectivity index (χ2n) is 10.9. The third kappa shape index (κ3) is 6.67. The number of nitrogens with zero attached hydrogens (tertiary/aromatic N) is 2. The van der Waals surface area contributed by atoms with Crippen LogP contribution >= 0.6 is 11.8 Å². The summed E-state index contributed by atoms with van der Waals surface area (Å²) in [6, 6.07) is 11.0. The summed E-state index contributed by atoms with van der Waals surface area (Å²) in [6.45, 7) is 10.9. The molecule has 0 aromatic heterocycles. The van der Waals surface area contributed by atoms with Crippen LogP contribution in [0.15, 0.2) is 36.4 Å². The Morgan fingerprint density at radius 2 is 1.62 bits per heavy atom. The topological polar surface area (TPSA) is 89.6 Å². The molecule has 10 heteroatoms. The molecule has 2 unspecified atom stereocenters. The van der Waals surface area contributed by atoms with Crippen molar-refractivity contribution in [3.05, 3.63) is 53.1 Å². The van der Waals surface area contributed by atoms with Crippen molar-refractivity contribution in [2.24, 2.45) is 0 Å². The Morgan fingerprint density at radius 1 is 1.00 bits per heavy atom. The van der Waals surface area contributed by atoms with E-state index in [1.54, 1.807) is 28.8 Å². The highest BCUT2D eigenvalue weighted by molar-refractivity contribution is 7.99. The minimum Gasteiger partial charge on any atom is -0.493 e.